The molecule has 0 unspecified atom stereocenters. The molecule has 1 nitrogen and oxygen atoms in total. The van der Waals surface area contributed by atoms with Gasteiger partial charge in [0.2, 0.25) is 0 Å². The summed E-state index contributed by atoms with van der Waals surface area (Å²) in [5.74, 6) is 0.707. The van der Waals surface area contributed by atoms with Gasteiger partial charge in [0, 0.05) is 12.0 Å². The second kappa shape index (κ2) is 6.09. The molecule has 1 aromatic carbocycles. The normalized spacial score (nSPS) is 13.1. The Morgan fingerprint density at radius 1 is 0.895 bits per heavy atom. The van der Waals surface area contributed by atoms with Gasteiger partial charge in [-0.05, 0) is 29.0 Å². The van der Waals surface area contributed by atoms with Crippen molar-refractivity contribution in [1.29, 1.82) is 0 Å². The van der Waals surface area contributed by atoms with Gasteiger partial charge in [-0.3, -0.25) is 0 Å². The molecule has 0 aromatic heterocycles. The van der Waals surface area contributed by atoms with Gasteiger partial charge in [0.05, 0.1) is 0 Å². The fraction of sp³-hybridized carbons (Fsp3) is 0.667. The molecular weight excluding hydrogens is 230 g/mol. The topological polar surface area (TPSA) is 12.0 Å². The first-order valence-electron chi connectivity index (χ1n) is 7.44. The maximum atomic E-state index is 3.57. The van der Waals surface area contributed by atoms with Crippen LogP contribution in [0.1, 0.15) is 59.6 Å². The third kappa shape index (κ3) is 4.99. The highest BCUT2D eigenvalue weighted by Gasteiger charge is 2.21. The predicted molar refractivity (Wildman–Crippen MR) is 85.9 cm³/mol. The van der Waals surface area contributed by atoms with Crippen molar-refractivity contribution in [2.75, 3.05) is 13.1 Å². The number of rotatable bonds is 5. The summed E-state index contributed by atoms with van der Waals surface area (Å²) in [5, 5.41) is 3.57. The first-order chi connectivity index (χ1) is 8.63. The van der Waals surface area contributed by atoms with Gasteiger partial charge >= 0.3 is 0 Å². The fourth-order valence-electron chi connectivity index (χ4n) is 2.20. The molecule has 0 bridgehead atoms. The number of nitrogens with one attached hydrogen (secondary N) is 1. The van der Waals surface area contributed by atoms with Crippen molar-refractivity contribution in [3.05, 3.63) is 35.4 Å². The Labute approximate surface area is 119 Å². The van der Waals surface area contributed by atoms with Crippen LogP contribution in [0.3, 0.4) is 0 Å². The molecule has 0 amide bonds. The lowest BCUT2D eigenvalue weighted by molar-refractivity contribution is 0.442. The number of hydrogen-bond donors (Lipinski definition) is 1. The van der Waals surface area contributed by atoms with Crippen molar-refractivity contribution < 1.29 is 0 Å². The van der Waals surface area contributed by atoms with Gasteiger partial charge < -0.3 is 5.32 Å². The van der Waals surface area contributed by atoms with E-state index in [4.69, 9.17) is 0 Å². The van der Waals surface area contributed by atoms with Gasteiger partial charge in [-0.25, -0.2) is 0 Å². The molecule has 108 valence electrons. The van der Waals surface area contributed by atoms with Crippen LogP contribution in [-0.2, 0) is 10.8 Å². The maximum absolute atomic E-state index is 3.57. The Hall–Kier alpha value is -0.820. The van der Waals surface area contributed by atoms with E-state index in [0.29, 0.717) is 5.92 Å². The summed E-state index contributed by atoms with van der Waals surface area (Å²) in [7, 11) is 0. The molecule has 1 aromatic rings. The van der Waals surface area contributed by atoms with Gasteiger partial charge in [-0.1, -0.05) is 72.7 Å². The van der Waals surface area contributed by atoms with Gasteiger partial charge in [-0.15, -0.1) is 0 Å². The molecular formula is C18H31N. The molecule has 0 heterocycles. The number of benzene rings is 1. The van der Waals surface area contributed by atoms with Gasteiger partial charge in [-0.2, -0.15) is 0 Å². The second-order valence-corrected chi connectivity index (χ2v) is 7.74. The van der Waals surface area contributed by atoms with Crippen LogP contribution in [0, 0.1) is 5.92 Å². The third-order valence-electron chi connectivity index (χ3n) is 3.65. The molecule has 0 aliphatic heterocycles. The molecule has 1 N–H and O–H groups in total. The van der Waals surface area contributed by atoms with E-state index >= 15 is 0 Å². The lowest BCUT2D eigenvalue weighted by Crippen LogP contribution is -2.34. The van der Waals surface area contributed by atoms with Crippen LogP contribution >= 0.6 is 0 Å². The van der Waals surface area contributed by atoms with E-state index in [1.54, 1.807) is 0 Å². The van der Waals surface area contributed by atoms with Crippen LogP contribution in [-0.4, -0.2) is 13.1 Å². The van der Waals surface area contributed by atoms with Crippen molar-refractivity contribution in [3.8, 4) is 0 Å². The predicted octanol–water partition coefficient (Wildman–Crippen LogP) is 4.51. The molecule has 0 atom stereocenters. The van der Waals surface area contributed by atoms with Crippen LogP contribution in [0.2, 0.25) is 0 Å². The summed E-state index contributed by atoms with van der Waals surface area (Å²) in [4.78, 5) is 0. The molecule has 1 rings (SSSR count). The first-order valence-corrected chi connectivity index (χ1v) is 7.44. The van der Waals surface area contributed by atoms with E-state index in [2.05, 4.69) is 78.0 Å². The zero-order chi connectivity index (χ0) is 14.7. The quantitative estimate of drug-likeness (QED) is 0.822. The smallest absolute Gasteiger partial charge is 0.00432 e. The van der Waals surface area contributed by atoms with E-state index in [-0.39, 0.29) is 10.8 Å². The monoisotopic (exact) mass is 261 g/mol. The molecule has 0 spiro atoms. The molecule has 1 heteroatoms. The van der Waals surface area contributed by atoms with E-state index in [9.17, 15) is 0 Å². The van der Waals surface area contributed by atoms with Crippen molar-refractivity contribution in [2.24, 2.45) is 5.92 Å². The summed E-state index contributed by atoms with van der Waals surface area (Å²) in [6.45, 7) is 18.0. The lowest BCUT2D eigenvalue weighted by Gasteiger charge is -2.28. The molecule has 0 radical (unpaired) electrons. The molecule has 0 saturated heterocycles. The van der Waals surface area contributed by atoms with Crippen molar-refractivity contribution in [2.45, 2.75) is 59.3 Å². The first kappa shape index (κ1) is 16.2. The maximum Gasteiger partial charge on any atom is 0.00432 e. The van der Waals surface area contributed by atoms with Crippen LogP contribution < -0.4 is 5.32 Å². The van der Waals surface area contributed by atoms with Gasteiger partial charge in [0.15, 0.2) is 0 Å². The van der Waals surface area contributed by atoms with Crippen LogP contribution in [0.4, 0.5) is 0 Å². The zero-order valence-electron chi connectivity index (χ0n) is 13.8. The summed E-state index contributed by atoms with van der Waals surface area (Å²) in [6, 6.07) is 9.13. The average Bonchev–Trinajstić information content (AvgIpc) is 2.27. The SMILES string of the molecule is CC(C)CNCC(C)(C)c1ccc(C(C)(C)C)cc1. The highest BCUT2D eigenvalue weighted by molar-refractivity contribution is 5.31. The largest absolute Gasteiger partial charge is 0.316 e. The minimum Gasteiger partial charge on any atom is -0.316 e. The van der Waals surface area contributed by atoms with Crippen molar-refractivity contribution in [3.63, 3.8) is 0 Å². The van der Waals surface area contributed by atoms with Crippen molar-refractivity contribution >= 4 is 0 Å². The van der Waals surface area contributed by atoms with Crippen LogP contribution in [0.15, 0.2) is 24.3 Å². The van der Waals surface area contributed by atoms with E-state index in [1.165, 1.54) is 11.1 Å². The Kier molecular flexibility index (Phi) is 5.20. The highest BCUT2D eigenvalue weighted by Crippen LogP contribution is 2.27. The lowest BCUT2D eigenvalue weighted by atomic mass is 9.81. The van der Waals surface area contributed by atoms with E-state index in [0.717, 1.165) is 13.1 Å². The Morgan fingerprint density at radius 2 is 1.37 bits per heavy atom. The molecule has 0 saturated carbocycles. The molecule has 19 heavy (non-hydrogen) atoms. The standard InChI is InChI=1S/C18H31N/c1-14(2)12-19-13-18(6,7)16-10-8-15(9-11-16)17(3,4)5/h8-11,14,19H,12-13H2,1-7H3. The minimum atomic E-state index is 0.186. The molecule has 0 aliphatic rings. The average molecular weight is 261 g/mol. The fourth-order valence-corrected chi connectivity index (χ4v) is 2.20. The highest BCUT2D eigenvalue weighted by atomic mass is 14.9. The minimum absolute atomic E-state index is 0.186. The van der Waals surface area contributed by atoms with Gasteiger partial charge in [0.1, 0.15) is 0 Å². The second-order valence-electron chi connectivity index (χ2n) is 7.74. The Morgan fingerprint density at radius 3 is 1.79 bits per heavy atom. The summed E-state index contributed by atoms with van der Waals surface area (Å²) in [6.07, 6.45) is 0. The summed E-state index contributed by atoms with van der Waals surface area (Å²) in [5.41, 5.74) is 3.24. The zero-order valence-corrected chi connectivity index (χ0v) is 13.8. The Bertz CT molecular complexity index is 379. The third-order valence-corrected chi connectivity index (χ3v) is 3.65. The number of hydrogen-bond acceptors (Lipinski definition) is 1. The van der Waals surface area contributed by atoms with Crippen LogP contribution in [0.25, 0.3) is 0 Å². The molecule has 0 aliphatic carbocycles. The van der Waals surface area contributed by atoms with E-state index in [1.807, 2.05) is 0 Å². The Balaban J connectivity index is 2.73. The van der Waals surface area contributed by atoms with Gasteiger partial charge in [0.25, 0.3) is 0 Å². The summed E-state index contributed by atoms with van der Waals surface area (Å²) >= 11 is 0. The van der Waals surface area contributed by atoms with E-state index < -0.39 is 0 Å². The molecule has 0 fully saturated rings. The van der Waals surface area contributed by atoms with Crippen molar-refractivity contribution in [1.82, 2.24) is 5.32 Å². The summed E-state index contributed by atoms with van der Waals surface area (Å²) < 4.78 is 0. The van der Waals surface area contributed by atoms with Crippen LogP contribution in [0.5, 0.6) is 0 Å².